The minimum absolute atomic E-state index is 0.0964. The van der Waals surface area contributed by atoms with Gasteiger partial charge in [0.25, 0.3) is 0 Å². The molecule has 2 nitrogen and oxygen atoms in total. The Morgan fingerprint density at radius 3 is 2.55 bits per heavy atom. The first-order chi connectivity index (χ1) is 9.51. The summed E-state index contributed by atoms with van der Waals surface area (Å²) in [6.45, 7) is 7.63. The van der Waals surface area contributed by atoms with Crippen LogP contribution >= 0.6 is 0 Å². The lowest BCUT2D eigenvalue weighted by Crippen LogP contribution is -2.47. The highest BCUT2D eigenvalue weighted by molar-refractivity contribution is 5.18. The molecule has 20 heavy (non-hydrogen) atoms. The lowest BCUT2D eigenvalue weighted by molar-refractivity contribution is -0.242. The Labute approximate surface area is 122 Å². The SMILES string of the molecule is CC(C)(C)C1CCCCC12OCC(c1ccccc1)O2. The van der Waals surface area contributed by atoms with Crippen molar-refractivity contribution in [2.75, 3.05) is 6.61 Å². The zero-order chi connectivity index (χ0) is 14.2. The molecule has 2 fully saturated rings. The number of benzene rings is 1. The highest BCUT2D eigenvalue weighted by Crippen LogP contribution is 2.51. The van der Waals surface area contributed by atoms with E-state index in [2.05, 4.69) is 45.0 Å². The van der Waals surface area contributed by atoms with Gasteiger partial charge < -0.3 is 9.47 Å². The molecule has 3 atom stereocenters. The summed E-state index contributed by atoms with van der Waals surface area (Å²) in [4.78, 5) is 0. The van der Waals surface area contributed by atoms with Crippen molar-refractivity contribution >= 4 is 0 Å². The topological polar surface area (TPSA) is 18.5 Å². The molecule has 1 spiro atoms. The van der Waals surface area contributed by atoms with Gasteiger partial charge in [0.1, 0.15) is 6.10 Å². The van der Waals surface area contributed by atoms with Gasteiger partial charge in [-0.1, -0.05) is 57.5 Å². The maximum atomic E-state index is 6.49. The summed E-state index contributed by atoms with van der Waals surface area (Å²) in [6, 6.07) is 10.5. The summed E-state index contributed by atoms with van der Waals surface area (Å²) in [7, 11) is 0. The molecule has 0 N–H and O–H groups in total. The first-order valence-corrected chi connectivity index (χ1v) is 7.88. The van der Waals surface area contributed by atoms with Crippen LogP contribution in [0.4, 0.5) is 0 Å². The molecule has 110 valence electrons. The van der Waals surface area contributed by atoms with Gasteiger partial charge in [-0.15, -0.1) is 0 Å². The maximum Gasteiger partial charge on any atom is 0.172 e. The van der Waals surface area contributed by atoms with Gasteiger partial charge in [0.15, 0.2) is 5.79 Å². The van der Waals surface area contributed by atoms with Crippen LogP contribution in [-0.2, 0) is 9.47 Å². The summed E-state index contributed by atoms with van der Waals surface area (Å²) in [5.41, 5.74) is 1.47. The molecule has 1 aromatic rings. The predicted molar refractivity (Wildman–Crippen MR) is 80.4 cm³/mol. The van der Waals surface area contributed by atoms with Crippen molar-refractivity contribution in [3.05, 3.63) is 35.9 Å². The van der Waals surface area contributed by atoms with E-state index < -0.39 is 0 Å². The van der Waals surface area contributed by atoms with Crippen LogP contribution in [0.1, 0.15) is 58.1 Å². The van der Waals surface area contributed by atoms with Crippen LogP contribution in [-0.4, -0.2) is 12.4 Å². The molecule has 1 saturated carbocycles. The predicted octanol–water partition coefficient (Wildman–Crippen LogP) is 4.71. The van der Waals surface area contributed by atoms with Crippen LogP contribution in [0.5, 0.6) is 0 Å². The van der Waals surface area contributed by atoms with E-state index in [0.717, 1.165) is 6.42 Å². The third-order valence-electron chi connectivity index (χ3n) is 4.84. The van der Waals surface area contributed by atoms with Crippen molar-refractivity contribution in [2.24, 2.45) is 11.3 Å². The summed E-state index contributed by atoms with van der Waals surface area (Å²) < 4.78 is 12.8. The molecule has 2 heteroatoms. The van der Waals surface area contributed by atoms with Crippen molar-refractivity contribution in [3.63, 3.8) is 0 Å². The smallest absolute Gasteiger partial charge is 0.172 e. The Morgan fingerprint density at radius 2 is 1.85 bits per heavy atom. The Balaban J connectivity index is 1.82. The van der Waals surface area contributed by atoms with Gasteiger partial charge in [-0.3, -0.25) is 0 Å². The highest BCUT2D eigenvalue weighted by atomic mass is 16.7. The Morgan fingerprint density at radius 1 is 1.10 bits per heavy atom. The fraction of sp³-hybridized carbons (Fsp3) is 0.667. The fourth-order valence-electron chi connectivity index (χ4n) is 3.88. The first-order valence-electron chi connectivity index (χ1n) is 7.88. The number of hydrogen-bond acceptors (Lipinski definition) is 2. The van der Waals surface area contributed by atoms with Crippen LogP contribution in [0.3, 0.4) is 0 Å². The molecule has 3 rings (SSSR count). The van der Waals surface area contributed by atoms with E-state index in [-0.39, 0.29) is 17.3 Å². The van der Waals surface area contributed by atoms with E-state index in [1.165, 1.54) is 24.8 Å². The van der Waals surface area contributed by atoms with Crippen LogP contribution in [0.25, 0.3) is 0 Å². The third-order valence-corrected chi connectivity index (χ3v) is 4.84. The normalized spacial score (nSPS) is 34.5. The van der Waals surface area contributed by atoms with Gasteiger partial charge >= 0.3 is 0 Å². The van der Waals surface area contributed by atoms with E-state index in [9.17, 15) is 0 Å². The lowest BCUT2D eigenvalue weighted by Gasteiger charge is -2.46. The lowest BCUT2D eigenvalue weighted by atomic mass is 9.68. The van der Waals surface area contributed by atoms with Crippen LogP contribution in [0.2, 0.25) is 0 Å². The molecule has 1 aromatic carbocycles. The third kappa shape index (κ3) is 2.51. The number of hydrogen-bond donors (Lipinski definition) is 0. The molecule has 1 saturated heterocycles. The van der Waals surface area contributed by atoms with Crippen LogP contribution < -0.4 is 0 Å². The van der Waals surface area contributed by atoms with Gasteiger partial charge in [0.2, 0.25) is 0 Å². The fourth-order valence-corrected chi connectivity index (χ4v) is 3.88. The minimum Gasteiger partial charge on any atom is -0.347 e. The summed E-state index contributed by atoms with van der Waals surface area (Å²) >= 11 is 0. The van der Waals surface area contributed by atoms with Crippen molar-refractivity contribution in [3.8, 4) is 0 Å². The zero-order valence-corrected chi connectivity index (χ0v) is 12.9. The van der Waals surface area contributed by atoms with E-state index in [0.29, 0.717) is 12.5 Å². The van der Waals surface area contributed by atoms with Gasteiger partial charge in [-0.25, -0.2) is 0 Å². The summed E-state index contributed by atoms with van der Waals surface area (Å²) in [5, 5.41) is 0. The Kier molecular flexibility index (Phi) is 3.64. The quantitative estimate of drug-likeness (QED) is 0.738. The second kappa shape index (κ2) is 5.16. The summed E-state index contributed by atoms with van der Waals surface area (Å²) in [5.74, 6) is 0.134. The summed E-state index contributed by atoms with van der Waals surface area (Å²) in [6.07, 6.45) is 4.86. The monoisotopic (exact) mass is 274 g/mol. The average molecular weight is 274 g/mol. The number of rotatable bonds is 1. The Hall–Kier alpha value is -0.860. The van der Waals surface area contributed by atoms with E-state index in [1.807, 2.05) is 6.07 Å². The molecule has 0 radical (unpaired) electrons. The van der Waals surface area contributed by atoms with Gasteiger partial charge in [-0.2, -0.15) is 0 Å². The van der Waals surface area contributed by atoms with Crippen molar-refractivity contribution in [1.82, 2.24) is 0 Å². The van der Waals surface area contributed by atoms with Crippen LogP contribution in [0, 0.1) is 11.3 Å². The molecule has 1 heterocycles. The van der Waals surface area contributed by atoms with Crippen LogP contribution in [0.15, 0.2) is 30.3 Å². The average Bonchev–Trinajstić information content (AvgIpc) is 2.83. The molecule has 3 unspecified atom stereocenters. The number of ether oxygens (including phenoxy) is 2. The largest absolute Gasteiger partial charge is 0.347 e. The second-order valence-electron chi connectivity index (χ2n) is 7.30. The van der Waals surface area contributed by atoms with Crippen molar-refractivity contribution in [2.45, 2.75) is 58.3 Å². The molecule has 0 bridgehead atoms. The highest BCUT2D eigenvalue weighted by Gasteiger charge is 2.52. The van der Waals surface area contributed by atoms with E-state index in [4.69, 9.17) is 9.47 Å². The molecule has 1 aliphatic carbocycles. The van der Waals surface area contributed by atoms with Crippen molar-refractivity contribution < 1.29 is 9.47 Å². The van der Waals surface area contributed by atoms with E-state index in [1.54, 1.807) is 0 Å². The molecular weight excluding hydrogens is 248 g/mol. The Bertz CT molecular complexity index is 448. The molecule has 1 aliphatic heterocycles. The van der Waals surface area contributed by atoms with E-state index >= 15 is 0 Å². The molecule has 2 aliphatic rings. The minimum atomic E-state index is -0.350. The first kappa shape index (κ1) is 14.1. The van der Waals surface area contributed by atoms with Gasteiger partial charge in [0, 0.05) is 12.3 Å². The van der Waals surface area contributed by atoms with Gasteiger partial charge in [-0.05, 0) is 23.8 Å². The zero-order valence-electron chi connectivity index (χ0n) is 12.9. The second-order valence-corrected chi connectivity index (χ2v) is 7.30. The maximum absolute atomic E-state index is 6.49. The molecule has 0 amide bonds. The van der Waals surface area contributed by atoms with Crippen molar-refractivity contribution in [1.29, 1.82) is 0 Å². The molecule has 0 aromatic heterocycles. The van der Waals surface area contributed by atoms with Gasteiger partial charge in [0.05, 0.1) is 6.61 Å². The molecular formula is C18H26O2. The standard InChI is InChI=1S/C18H26O2/c1-17(2,3)16-11-7-8-12-18(16)19-13-15(20-18)14-9-5-4-6-10-14/h4-6,9-10,15-16H,7-8,11-13H2,1-3H3.